The fourth-order valence-electron chi connectivity index (χ4n) is 3.31. The van der Waals surface area contributed by atoms with Gasteiger partial charge < -0.3 is 5.32 Å². The second-order valence-corrected chi connectivity index (χ2v) is 7.38. The number of nitrogens with zero attached hydrogens (tertiary/aromatic N) is 2. The van der Waals surface area contributed by atoms with Gasteiger partial charge in [-0.3, -0.25) is 4.79 Å². The van der Waals surface area contributed by atoms with E-state index in [9.17, 15) is 13.6 Å². The molecule has 0 saturated carbocycles. The van der Waals surface area contributed by atoms with E-state index in [1.165, 1.54) is 17.5 Å². The van der Waals surface area contributed by atoms with Crippen molar-refractivity contribution in [1.82, 2.24) is 9.97 Å². The summed E-state index contributed by atoms with van der Waals surface area (Å²) in [4.78, 5) is 20.5. The number of hydrogen-bond donors (Lipinski definition) is 1. The molecule has 0 radical (unpaired) electrons. The van der Waals surface area contributed by atoms with Crippen LogP contribution < -0.4 is 5.32 Å². The number of aryl methyl sites for hydroxylation is 4. The van der Waals surface area contributed by atoms with E-state index >= 15 is 0 Å². The van der Waals surface area contributed by atoms with E-state index in [1.807, 2.05) is 6.07 Å². The minimum atomic E-state index is -2.54. The van der Waals surface area contributed by atoms with Crippen LogP contribution in [0.25, 0.3) is 0 Å². The first-order valence-corrected chi connectivity index (χ1v) is 9.51. The lowest BCUT2D eigenvalue weighted by atomic mass is 10.1. The van der Waals surface area contributed by atoms with E-state index in [0.717, 1.165) is 24.1 Å². The Balaban J connectivity index is 1.61. The summed E-state index contributed by atoms with van der Waals surface area (Å²) < 4.78 is 24.9. The quantitative estimate of drug-likeness (QED) is 0.596. The van der Waals surface area contributed by atoms with Gasteiger partial charge in [-0.15, -0.1) is 0 Å². The molecular formula is C19H21F2N3OS. The van der Waals surface area contributed by atoms with Gasteiger partial charge in [-0.05, 0) is 80.1 Å². The van der Waals surface area contributed by atoms with Crippen molar-refractivity contribution in [2.24, 2.45) is 0 Å². The van der Waals surface area contributed by atoms with Crippen LogP contribution in [0.4, 0.5) is 14.5 Å². The summed E-state index contributed by atoms with van der Waals surface area (Å²) in [6.45, 7) is 3.52. The van der Waals surface area contributed by atoms with Crippen LogP contribution in [0.1, 0.15) is 40.9 Å². The van der Waals surface area contributed by atoms with Crippen molar-refractivity contribution in [3.8, 4) is 0 Å². The fourth-order valence-corrected chi connectivity index (χ4v) is 3.85. The van der Waals surface area contributed by atoms with E-state index in [-0.39, 0.29) is 11.1 Å². The summed E-state index contributed by atoms with van der Waals surface area (Å²) >= 11 is 0.336. The topological polar surface area (TPSA) is 54.9 Å². The van der Waals surface area contributed by atoms with Crippen LogP contribution in [0.5, 0.6) is 0 Å². The molecule has 4 nitrogen and oxygen atoms in total. The molecule has 0 atom stereocenters. The fraction of sp³-hybridized carbons (Fsp3) is 0.421. The standard InChI is InChI=1S/C19H21F2N3OS/c1-11-16(12(2)23-19(22-11)26-18(20)21)8-9-17(25)24-15-7-6-13-4-3-5-14(13)10-15/h6-7,10,18H,3-5,8-9H2,1-2H3,(H,24,25). The van der Waals surface area contributed by atoms with E-state index in [0.29, 0.717) is 36.0 Å². The maximum atomic E-state index is 12.5. The highest BCUT2D eigenvalue weighted by molar-refractivity contribution is 7.99. The Morgan fingerprint density at radius 1 is 1.19 bits per heavy atom. The van der Waals surface area contributed by atoms with Gasteiger partial charge in [-0.1, -0.05) is 6.07 Å². The van der Waals surface area contributed by atoms with Crippen LogP contribution in [-0.4, -0.2) is 21.6 Å². The number of rotatable bonds is 6. The summed E-state index contributed by atoms with van der Waals surface area (Å²) in [7, 11) is 0. The number of nitrogens with one attached hydrogen (secondary N) is 1. The van der Waals surface area contributed by atoms with Gasteiger partial charge in [0.15, 0.2) is 5.16 Å². The number of anilines is 1. The molecule has 26 heavy (non-hydrogen) atoms. The molecular weight excluding hydrogens is 356 g/mol. The molecule has 0 unspecified atom stereocenters. The number of carbonyl (C=O) groups excluding carboxylic acids is 1. The second-order valence-electron chi connectivity index (χ2n) is 6.42. The Morgan fingerprint density at radius 3 is 2.58 bits per heavy atom. The normalized spacial score (nSPS) is 13.1. The van der Waals surface area contributed by atoms with Crippen molar-refractivity contribution in [1.29, 1.82) is 0 Å². The zero-order chi connectivity index (χ0) is 18.7. The first-order valence-electron chi connectivity index (χ1n) is 8.63. The third-order valence-corrected chi connectivity index (χ3v) is 5.15. The second kappa shape index (κ2) is 8.12. The number of carbonyl (C=O) groups is 1. The van der Waals surface area contributed by atoms with Crippen LogP contribution in [0.3, 0.4) is 0 Å². The number of thioether (sulfide) groups is 1. The van der Waals surface area contributed by atoms with Crippen LogP contribution >= 0.6 is 11.8 Å². The molecule has 1 aliphatic rings. The van der Waals surface area contributed by atoms with E-state index in [1.54, 1.807) is 13.8 Å². The molecule has 1 aromatic carbocycles. The lowest BCUT2D eigenvalue weighted by Gasteiger charge is -2.11. The third-order valence-electron chi connectivity index (χ3n) is 4.58. The van der Waals surface area contributed by atoms with Crippen molar-refractivity contribution in [3.63, 3.8) is 0 Å². The highest BCUT2D eigenvalue weighted by Gasteiger charge is 2.15. The van der Waals surface area contributed by atoms with Crippen molar-refractivity contribution in [2.75, 3.05) is 5.32 Å². The Hall–Kier alpha value is -2.02. The van der Waals surface area contributed by atoms with Crippen LogP contribution in [0, 0.1) is 13.8 Å². The Bertz CT molecular complexity index is 803. The third kappa shape index (κ3) is 4.58. The van der Waals surface area contributed by atoms with Gasteiger partial charge in [0.1, 0.15) is 0 Å². The molecule has 1 aromatic heterocycles. The Labute approximate surface area is 155 Å². The zero-order valence-electron chi connectivity index (χ0n) is 14.8. The molecule has 1 N–H and O–H groups in total. The number of benzene rings is 1. The molecule has 138 valence electrons. The van der Waals surface area contributed by atoms with E-state index in [2.05, 4.69) is 27.4 Å². The Morgan fingerprint density at radius 2 is 1.88 bits per heavy atom. The van der Waals surface area contributed by atoms with E-state index < -0.39 is 5.76 Å². The van der Waals surface area contributed by atoms with Gasteiger partial charge in [0.25, 0.3) is 5.76 Å². The molecule has 1 heterocycles. The summed E-state index contributed by atoms with van der Waals surface area (Å²) in [5.74, 6) is -2.62. The predicted octanol–water partition coefficient (Wildman–Crippen LogP) is 4.47. The number of alkyl halides is 2. The van der Waals surface area contributed by atoms with Crippen molar-refractivity contribution in [3.05, 3.63) is 46.3 Å². The Kier molecular flexibility index (Phi) is 5.86. The number of aromatic nitrogens is 2. The number of fused-ring (bicyclic) bond motifs is 1. The first-order chi connectivity index (χ1) is 12.4. The number of hydrogen-bond acceptors (Lipinski definition) is 4. The number of amides is 1. The molecule has 2 aromatic rings. The van der Waals surface area contributed by atoms with E-state index in [4.69, 9.17) is 0 Å². The summed E-state index contributed by atoms with van der Waals surface area (Å²) in [6.07, 6.45) is 4.13. The molecule has 7 heteroatoms. The van der Waals surface area contributed by atoms with Gasteiger partial charge in [-0.25, -0.2) is 9.97 Å². The maximum absolute atomic E-state index is 12.5. The lowest BCUT2D eigenvalue weighted by Crippen LogP contribution is -2.14. The van der Waals surface area contributed by atoms with Crippen LogP contribution in [0.2, 0.25) is 0 Å². The molecule has 1 amide bonds. The molecule has 3 rings (SSSR count). The maximum Gasteiger partial charge on any atom is 0.291 e. The molecule has 1 aliphatic carbocycles. The average Bonchev–Trinajstić information content (AvgIpc) is 3.01. The van der Waals surface area contributed by atoms with Gasteiger partial charge >= 0.3 is 0 Å². The lowest BCUT2D eigenvalue weighted by molar-refractivity contribution is -0.116. The van der Waals surface area contributed by atoms with Gasteiger partial charge in [0.05, 0.1) is 0 Å². The van der Waals surface area contributed by atoms with Gasteiger partial charge in [-0.2, -0.15) is 8.78 Å². The predicted molar refractivity (Wildman–Crippen MR) is 98.8 cm³/mol. The average molecular weight is 377 g/mol. The highest BCUT2D eigenvalue weighted by Crippen LogP contribution is 2.26. The molecule has 0 fully saturated rings. The van der Waals surface area contributed by atoms with Crippen molar-refractivity contribution < 1.29 is 13.6 Å². The zero-order valence-corrected chi connectivity index (χ0v) is 15.6. The van der Waals surface area contributed by atoms with Crippen LogP contribution in [0.15, 0.2) is 23.4 Å². The molecule has 0 bridgehead atoms. The SMILES string of the molecule is Cc1nc(SC(F)F)nc(C)c1CCC(=O)Nc1ccc2c(c1)CCC2. The highest BCUT2D eigenvalue weighted by atomic mass is 32.2. The summed E-state index contributed by atoms with van der Waals surface area (Å²) in [6, 6.07) is 6.08. The van der Waals surface area contributed by atoms with Crippen LogP contribution in [-0.2, 0) is 24.1 Å². The smallest absolute Gasteiger partial charge is 0.291 e. The minimum Gasteiger partial charge on any atom is -0.326 e. The largest absolute Gasteiger partial charge is 0.326 e. The van der Waals surface area contributed by atoms with Gasteiger partial charge in [0, 0.05) is 23.5 Å². The molecule has 0 aliphatic heterocycles. The summed E-state index contributed by atoms with van der Waals surface area (Å²) in [5, 5.41) is 3.01. The van der Waals surface area contributed by atoms with Crippen molar-refractivity contribution in [2.45, 2.75) is 56.9 Å². The molecule has 0 spiro atoms. The van der Waals surface area contributed by atoms with Crippen molar-refractivity contribution >= 4 is 23.4 Å². The first kappa shape index (κ1) is 18.8. The minimum absolute atomic E-state index is 0.0707. The summed E-state index contributed by atoms with van der Waals surface area (Å²) in [5.41, 5.74) is 5.64. The molecule has 0 saturated heterocycles. The monoisotopic (exact) mass is 377 g/mol. The van der Waals surface area contributed by atoms with Gasteiger partial charge in [0.2, 0.25) is 5.91 Å². The number of halogens is 2.